The molecule has 1 heterocycles. The summed E-state index contributed by atoms with van der Waals surface area (Å²) in [5.74, 6) is 0. The number of hydrogen-bond donors (Lipinski definition) is 1. The van der Waals surface area contributed by atoms with E-state index in [-0.39, 0.29) is 5.54 Å². The summed E-state index contributed by atoms with van der Waals surface area (Å²) >= 11 is 0. The number of aromatic nitrogens is 1. The lowest BCUT2D eigenvalue weighted by Crippen LogP contribution is -2.31. The van der Waals surface area contributed by atoms with Crippen molar-refractivity contribution < 1.29 is 0 Å². The van der Waals surface area contributed by atoms with Crippen LogP contribution in [0.25, 0.3) is 0 Å². The number of benzene rings is 1. The van der Waals surface area contributed by atoms with E-state index in [1.54, 1.807) is 12.3 Å². The zero-order chi connectivity index (χ0) is 14.4. The topological polar surface area (TPSA) is 48.7 Å². The van der Waals surface area contributed by atoms with Gasteiger partial charge in [-0.2, -0.15) is 5.26 Å². The fourth-order valence-electron chi connectivity index (χ4n) is 2.12. The molecule has 1 aromatic heterocycles. The monoisotopic (exact) mass is 265 g/mol. The lowest BCUT2D eigenvalue weighted by molar-refractivity contribution is 0.518. The van der Waals surface area contributed by atoms with Gasteiger partial charge in [-0.1, -0.05) is 30.3 Å². The first-order chi connectivity index (χ1) is 9.59. The predicted octanol–water partition coefficient (Wildman–Crippen LogP) is 3.78. The van der Waals surface area contributed by atoms with Crippen LogP contribution >= 0.6 is 0 Å². The highest BCUT2D eigenvalue weighted by molar-refractivity contribution is 5.47. The molecule has 3 nitrogen and oxygen atoms in total. The predicted molar refractivity (Wildman–Crippen MR) is 81.4 cm³/mol. The summed E-state index contributed by atoms with van der Waals surface area (Å²) in [6.07, 6.45) is 3.70. The van der Waals surface area contributed by atoms with E-state index < -0.39 is 0 Å². The smallest absolute Gasteiger partial charge is 0.142 e. The van der Waals surface area contributed by atoms with E-state index in [1.165, 1.54) is 5.56 Å². The lowest BCUT2D eigenvalue weighted by Gasteiger charge is -2.27. The maximum absolute atomic E-state index is 8.87. The van der Waals surface area contributed by atoms with Gasteiger partial charge in [0.15, 0.2) is 0 Å². The van der Waals surface area contributed by atoms with Crippen LogP contribution in [0.5, 0.6) is 0 Å². The quantitative estimate of drug-likeness (QED) is 0.895. The summed E-state index contributed by atoms with van der Waals surface area (Å²) in [7, 11) is 0. The molecule has 1 aromatic carbocycles. The number of nitrogens with one attached hydrogen (secondary N) is 1. The first-order valence-electron chi connectivity index (χ1n) is 6.77. The van der Waals surface area contributed by atoms with Crippen LogP contribution in [-0.4, -0.2) is 10.5 Å². The van der Waals surface area contributed by atoms with Crippen molar-refractivity contribution in [1.29, 1.82) is 5.26 Å². The molecular formula is C17H19N3. The Kier molecular flexibility index (Phi) is 4.37. The first kappa shape index (κ1) is 14.1. The second-order valence-corrected chi connectivity index (χ2v) is 5.54. The van der Waals surface area contributed by atoms with Crippen molar-refractivity contribution in [1.82, 2.24) is 4.98 Å². The summed E-state index contributed by atoms with van der Waals surface area (Å²) in [6.45, 7) is 4.34. The van der Waals surface area contributed by atoms with Crippen molar-refractivity contribution in [2.24, 2.45) is 0 Å². The Morgan fingerprint density at radius 1 is 1.20 bits per heavy atom. The summed E-state index contributed by atoms with van der Waals surface area (Å²) in [5.41, 5.74) is 2.68. The molecule has 0 radical (unpaired) electrons. The van der Waals surface area contributed by atoms with Gasteiger partial charge in [-0.25, -0.2) is 4.98 Å². The molecule has 0 aliphatic heterocycles. The number of aryl methyl sites for hydroxylation is 1. The van der Waals surface area contributed by atoms with Crippen LogP contribution in [0.15, 0.2) is 48.7 Å². The Morgan fingerprint density at radius 2 is 1.95 bits per heavy atom. The first-order valence-corrected chi connectivity index (χ1v) is 6.77. The normalized spacial score (nSPS) is 10.8. The van der Waals surface area contributed by atoms with Gasteiger partial charge in [-0.05, 0) is 44.4 Å². The molecule has 0 saturated carbocycles. The van der Waals surface area contributed by atoms with Gasteiger partial charge in [0.25, 0.3) is 0 Å². The SMILES string of the molecule is CC(C)(CCc1ccccc1)Nc1ccnc(C#N)c1. The molecule has 1 N–H and O–H groups in total. The Balaban J connectivity index is 1.98. The van der Waals surface area contributed by atoms with E-state index in [4.69, 9.17) is 5.26 Å². The maximum Gasteiger partial charge on any atom is 0.142 e. The zero-order valence-electron chi connectivity index (χ0n) is 11.9. The van der Waals surface area contributed by atoms with Crippen LogP contribution in [0.3, 0.4) is 0 Å². The molecule has 0 saturated heterocycles. The Hall–Kier alpha value is -2.34. The molecule has 0 fully saturated rings. The number of nitriles is 1. The number of pyridine rings is 1. The minimum atomic E-state index is -0.0378. The van der Waals surface area contributed by atoms with Gasteiger partial charge in [0.2, 0.25) is 0 Å². The standard InChI is InChI=1S/C17H19N3/c1-17(2,10-8-14-6-4-3-5-7-14)20-15-9-11-19-16(12-15)13-18/h3-7,9,11-12H,8,10H2,1-2H3,(H,19,20). The minimum Gasteiger partial charge on any atom is -0.380 e. The van der Waals surface area contributed by atoms with E-state index in [1.807, 2.05) is 12.1 Å². The molecule has 20 heavy (non-hydrogen) atoms. The third-order valence-corrected chi connectivity index (χ3v) is 3.24. The van der Waals surface area contributed by atoms with Crippen LogP contribution in [-0.2, 0) is 6.42 Å². The molecule has 0 amide bonds. The molecule has 0 bridgehead atoms. The van der Waals surface area contributed by atoms with Gasteiger partial charge in [-0.15, -0.1) is 0 Å². The van der Waals surface area contributed by atoms with Crippen molar-refractivity contribution in [3.8, 4) is 6.07 Å². The van der Waals surface area contributed by atoms with Crippen molar-refractivity contribution in [2.75, 3.05) is 5.32 Å². The second kappa shape index (κ2) is 6.21. The highest BCUT2D eigenvalue weighted by Gasteiger charge is 2.17. The van der Waals surface area contributed by atoms with Crippen LogP contribution in [0.1, 0.15) is 31.5 Å². The number of hydrogen-bond acceptors (Lipinski definition) is 3. The van der Waals surface area contributed by atoms with Gasteiger partial charge in [0.1, 0.15) is 11.8 Å². The average molecular weight is 265 g/mol. The van der Waals surface area contributed by atoms with E-state index in [9.17, 15) is 0 Å². The van der Waals surface area contributed by atoms with Gasteiger partial charge in [0.05, 0.1) is 0 Å². The number of rotatable bonds is 5. The summed E-state index contributed by atoms with van der Waals surface area (Å²) in [4.78, 5) is 3.98. The maximum atomic E-state index is 8.87. The summed E-state index contributed by atoms with van der Waals surface area (Å²) < 4.78 is 0. The zero-order valence-corrected chi connectivity index (χ0v) is 11.9. The van der Waals surface area contributed by atoms with Crippen molar-refractivity contribution in [3.63, 3.8) is 0 Å². The van der Waals surface area contributed by atoms with E-state index in [0.717, 1.165) is 18.5 Å². The third-order valence-electron chi connectivity index (χ3n) is 3.24. The van der Waals surface area contributed by atoms with Crippen LogP contribution in [0.2, 0.25) is 0 Å². The van der Waals surface area contributed by atoms with E-state index >= 15 is 0 Å². The molecule has 0 aliphatic rings. The minimum absolute atomic E-state index is 0.0378. The lowest BCUT2D eigenvalue weighted by atomic mass is 9.95. The largest absolute Gasteiger partial charge is 0.380 e. The molecule has 2 rings (SSSR count). The fourth-order valence-corrected chi connectivity index (χ4v) is 2.12. The van der Waals surface area contributed by atoms with Gasteiger partial charge in [0, 0.05) is 17.4 Å². The Bertz CT molecular complexity index is 597. The number of nitrogens with zero attached hydrogens (tertiary/aromatic N) is 2. The highest BCUT2D eigenvalue weighted by Crippen LogP contribution is 2.20. The molecule has 0 aliphatic carbocycles. The van der Waals surface area contributed by atoms with Gasteiger partial charge < -0.3 is 5.32 Å². The van der Waals surface area contributed by atoms with Crippen LogP contribution in [0.4, 0.5) is 5.69 Å². The third kappa shape index (κ3) is 4.10. The molecule has 0 atom stereocenters. The average Bonchev–Trinajstić information content (AvgIpc) is 2.46. The summed E-state index contributed by atoms with van der Waals surface area (Å²) in [5, 5.41) is 12.3. The molecule has 0 unspecified atom stereocenters. The van der Waals surface area contributed by atoms with Crippen molar-refractivity contribution in [2.45, 2.75) is 32.2 Å². The summed E-state index contributed by atoms with van der Waals surface area (Å²) in [6, 6.07) is 16.2. The molecule has 102 valence electrons. The van der Waals surface area contributed by atoms with Crippen LogP contribution < -0.4 is 5.32 Å². The molecule has 3 heteroatoms. The Morgan fingerprint density at radius 3 is 2.65 bits per heavy atom. The fraction of sp³-hybridized carbons (Fsp3) is 0.294. The van der Waals surface area contributed by atoms with E-state index in [0.29, 0.717) is 5.69 Å². The van der Waals surface area contributed by atoms with E-state index in [2.05, 4.69) is 54.5 Å². The molecule has 2 aromatic rings. The highest BCUT2D eigenvalue weighted by atomic mass is 15.0. The van der Waals surface area contributed by atoms with Crippen LogP contribution in [0, 0.1) is 11.3 Å². The number of anilines is 1. The van der Waals surface area contributed by atoms with Gasteiger partial charge >= 0.3 is 0 Å². The van der Waals surface area contributed by atoms with Crippen molar-refractivity contribution in [3.05, 3.63) is 59.9 Å². The molecular weight excluding hydrogens is 246 g/mol. The Labute approximate surface area is 120 Å². The van der Waals surface area contributed by atoms with Crippen molar-refractivity contribution >= 4 is 5.69 Å². The molecule has 0 spiro atoms. The van der Waals surface area contributed by atoms with Gasteiger partial charge in [-0.3, -0.25) is 0 Å². The second-order valence-electron chi connectivity index (χ2n) is 5.54.